The number of carbonyl (C=O) groups is 2. The Balaban J connectivity index is 1.97. The van der Waals surface area contributed by atoms with Crippen LogP contribution in [0, 0.1) is 6.92 Å². The van der Waals surface area contributed by atoms with Gasteiger partial charge in [-0.15, -0.1) is 0 Å². The van der Waals surface area contributed by atoms with Crippen LogP contribution in [0.2, 0.25) is 5.02 Å². The quantitative estimate of drug-likeness (QED) is 0.655. The van der Waals surface area contributed by atoms with Gasteiger partial charge in [-0.3, -0.25) is 4.79 Å². The van der Waals surface area contributed by atoms with E-state index in [1.807, 2.05) is 19.1 Å². The minimum absolute atomic E-state index is 0.294. The number of nitrogens with one attached hydrogen (secondary N) is 1. The molecule has 0 atom stereocenters. The van der Waals surface area contributed by atoms with Crippen molar-refractivity contribution in [3.05, 3.63) is 61.5 Å². The van der Waals surface area contributed by atoms with Crippen LogP contribution in [0.1, 0.15) is 15.9 Å². The largest absolute Gasteiger partial charge is 0.452 e. The van der Waals surface area contributed by atoms with E-state index in [2.05, 4.69) is 37.2 Å². The maximum Gasteiger partial charge on any atom is 0.338 e. The molecule has 0 aliphatic rings. The van der Waals surface area contributed by atoms with Gasteiger partial charge in [0.2, 0.25) is 0 Å². The number of halogens is 3. The highest BCUT2D eigenvalue weighted by Crippen LogP contribution is 2.32. The van der Waals surface area contributed by atoms with Crippen molar-refractivity contribution < 1.29 is 14.3 Å². The van der Waals surface area contributed by atoms with E-state index in [0.29, 0.717) is 16.3 Å². The molecule has 0 aromatic heterocycles. The Morgan fingerprint density at radius 2 is 1.83 bits per heavy atom. The smallest absolute Gasteiger partial charge is 0.338 e. The standard InChI is InChI=1S/C16H12Br2ClNO3/c1-9-5-12(17)15(13(18)6-9)20-14(21)8-23-16(22)10-3-2-4-11(19)7-10/h2-7H,8H2,1H3,(H,20,21). The van der Waals surface area contributed by atoms with Crippen molar-refractivity contribution in [2.45, 2.75) is 6.92 Å². The van der Waals surface area contributed by atoms with Crippen LogP contribution in [0.5, 0.6) is 0 Å². The molecular formula is C16H12Br2ClNO3. The van der Waals surface area contributed by atoms with E-state index >= 15 is 0 Å². The van der Waals surface area contributed by atoms with Crippen molar-refractivity contribution in [3.8, 4) is 0 Å². The molecule has 4 nitrogen and oxygen atoms in total. The lowest BCUT2D eigenvalue weighted by Gasteiger charge is -2.11. The van der Waals surface area contributed by atoms with E-state index in [1.165, 1.54) is 6.07 Å². The predicted molar refractivity (Wildman–Crippen MR) is 96.9 cm³/mol. The van der Waals surface area contributed by atoms with Crippen LogP contribution in [0.15, 0.2) is 45.3 Å². The summed E-state index contributed by atoms with van der Waals surface area (Å²) in [6.07, 6.45) is 0. The fourth-order valence-electron chi connectivity index (χ4n) is 1.82. The SMILES string of the molecule is Cc1cc(Br)c(NC(=O)COC(=O)c2cccc(Cl)c2)c(Br)c1. The molecule has 0 unspecified atom stereocenters. The zero-order valence-electron chi connectivity index (χ0n) is 12.0. The second kappa shape index (κ2) is 7.95. The number of hydrogen-bond acceptors (Lipinski definition) is 3. The molecule has 23 heavy (non-hydrogen) atoms. The van der Waals surface area contributed by atoms with Gasteiger partial charge in [-0.05, 0) is 74.7 Å². The molecule has 1 amide bonds. The van der Waals surface area contributed by atoms with Crippen LogP contribution in [-0.2, 0) is 9.53 Å². The summed E-state index contributed by atoms with van der Waals surface area (Å²) >= 11 is 12.6. The highest BCUT2D eigenvalue weighted by molar-refractivity contribution is 9.11. The summed E-state index contributed by atoms with van der Waals surface area (Å²) in [5.74, 6) is -1.05. The number of ether oxygens (including phenoxy) is 1. The van der Waals surface area contributed by atoms with E-state index in [0.717, 1.165) is 14.5 Å². The first kappa shape index (κ1) is 18.0. The van der Waals surface area contributed by atoms with E-state index in [4.69, 9.17) is 16.3 Å². The zero-order valence-corrected chi connectivity index (χ0v) is 16.0. The number of benzene rings is 2. The van der Waals surface area contributed by atoms with Crippen LogP contribution >= 0.6 is 43.5 Å². The number of amides is 1. The maximum absolute atomic E-state index is 11.9. The van der Waals surface area contributed by atoms with Gasteiger partial charge in [0.25, 0.3) is 5.91 Å². The summed E-state index contributed by atoms with van der Waals surface area (Å²) in [6, 6.07) is 10.1. The lowest BCUT2D eigenvalue weighted by molar-refractivity contribution is -0.119. The third-order valence-electron chi connectivity index (χ3n) is 2.85. The van der Waals surface area contributed by atoms with Gasteiger partial charge in [0.1, 0.15) is 0 Å². The van der Waals surface area contributed by atoms with Gasteiger partial charge in [0.05, 0.1) is 11.3 Å². The Morgan fingerprint density at radius 3 is 2.43 bits per heavy atom. The molecule has 0 saturated carbocycles. The molecule has 0 radical (unpaired) electrons. The Hall–Kier alpha value is -1.37. The van der Waals surface area contributed by atoms with Crippen LogP contribution < -0.4 is 5.32 Å². The zero-order chi connectivity index (χ0) is 17.0. The maximum atomic E-state index is 11.9. The molecule has 7 heteroatoms. The molecule has 1 N–H and O–H groups in total. The Labute approximate surface area is 155 Å². The van der Waals surface area contributed by atoms with Crippen molar-refractivity contribution in [1.82, 2.24) is 0 Å². The second-order valence-corrected chi connectivity index (χ2v) is 6.88. The number of carbonyl (C=O) groups excluding carboxylic acids is 2. The molecule has 0 aliphatic heterocycles. The highest BCUT2D eigenvalue weighted by atomic mass is 79.9. The van der Waals surface area contributed by atoms with Gasteiger partial charge in [-0.1, -0.05) is 17.7 Å². The van der Waals surface area contributed by atoms with E-state index in [-0.39, 0.29) is 0 Å². The van der Waals surface area contributed by atoms with Crippen molar-refractivity contribution in [2.24, 2.45) is 0 Å². The third kappa shape index (κ3) is 5.06. The van der Waals surface area contributed by atoms with Gasteiger partial charge >= 0.3 is 5.97 Å². The molecule has 0 bridgehead atoms. The summed E-state index contributed by atoms with van der Waals surface area (Å²) in [6.45, 7) is 1.55. The minimum Gasteiger partial charge on any atom is -0.452 e. The average Bonchev–Trinajstić information content (AvgIpc) is 2.48. The van der Waals surface area contributed by atoms with E-state index in [1.54, 1.807) is 18.2 Å². The van der Waals surface area contributed by atoms with Gasteiger partial charge < -0.3 is 10.1 Å². The Bertz CT molecular complexity index is 742. The first-order valence-corrected chi connectivity index (χ1v) is 8.51. The summed E-state index contributed by atoms with van der Waals surface area (Å²) in [5.41, 5.74) is 1.91. The Kier molecular flexibility index (Phi) is 6.21. The normalized spacial score (nSPS) is 10.3. The number of anilines is 1. The summed E-state index contributed by atoms with van der Waals surface area (Å²) in [7, 11) is 0. The molecule has 120 valence electrons. The van der Waals surface area contributed by atoms with Crippen LogP contribution in [0.3, 0.4) is 0 Å². The molecule has 0 fully saturated rings. The molecule has 2 aromatic carbocycles. The molecule has 0 aliphatic carbocycles. The monoisotopic (exact) mass is 459 g/mol. The topological polar surface area (TPSA) is 55.4 Å². The first-order valence-electron chi connectivity index (χ1n) is 6.55. The molecule has 0 saturated heterocycles. The third-order valence-corrected chi connectivity index (χ3v) is 4.33. The highest BCUT2D eigenvalue weighted by Gasteiger charge is 2.13. The van der Waals surface area contributed by atoms with Crippen LogP contribution in [0.4, 0.5) is 5.69 Å². The molecular weight excluding hydrogens is 449 g/mol. The van der Waals surface area contributed by atoms with Crippen LogP contribution in [0.25, 0.3) is 0 Å². The van der Waals surface area contributed by atoms with Gasteiger partial charge in [0, 0.05) is 14.0 Å². The van der Waals surface area contributed by atoms with Crippen molar-refractivity contribution in [1.29, 1.82) is 0 Å². The van der Waals surface area contributed by atoms with Crippen molar-refractivity contribution in [3.63, 3.8) is 0 Å². The van der Waals surface area contributed by atoms with Gasteiger partial charge in [0.15, 0.2) is 6.61 Å². The number of hydrogen-bond donors (Lipinski definition) is 1. The van der Waals surface area contributed by atoms with Crippen molar-refractivity contribution >= 4 is 61.0 Å². The molecule has 2 rings (SSSR count). The second-order valence-electron chi connectivity index (χ2n) is 4.74. The summed E-state index contributed by atoms with van der Waals surface area (Å²) < 4.78 is 6.45. The van der Waals surface area contributed by atoms with Crippen LogP contribution in [-0.4, -0.2) is 18.5 Å². The minimum atomic E-state index is -0.607. The predicted octanol–water partition coefficient (Wildman–Crippen LogP) is 4.97. The number of esters is 1. The molecule has 2 aromatic rings. The van der Waals surface area contributed by atoms with E-state index < -0.39 is 18.5 Å². The number of rotatable bonds is 4. The average molecular weight is 462 g/mol. The Morgan fingerprint density at radius 1 is 1.17 bits per heavy atom. The number of aryl methyl sites for hydroxylation is 1. The van der Waals surface area contributed by atoms with Crippen molar-refractivity contribution in [2.75, 3.05) is 11.9 Å². The summed E-state index contributed by atoms with van der Waals surface area (Å²) in [4.78, 5) is 23.8. The fraction of sp³-hybridized carbons (Fsp3) is 0.125. The molecule has 0 heterocycles. The van der Waals surface area contributed by atoms with Gasteiger partial charge in [-0.25, -0.2) is 4.79 Å². The summed E-state index contributed by atoms with van der Waals surface area (Å²) in [5, 5.41) is 3.12. The lowest BCUT2D eigenvalue weighted by Crippen LogP contribution is -2.21. The van der Waals surface area contributed by atoms with E-state index in [9.17, 15) is 9.59 Å². The first-order chi connectivity index (χ1) is 10.9. The molecule has 0 spiro atoms. The van der Waals surface area contributed by atoms with Gasteiger partial charge in [-0.2, -0.15) is 0 Å². The fourth-order valence-corrected chi connectivity index (χ4v) is 3.63. The lowest BCUT2D eigenvalue weighted by atomic mass is 10.2.